The highest BCUT2D eigenvalue weighted by Gasteiger charge is 2.31. The number of aryl methyl sites for hydroxylation is 1. The van der Waals surface area contributed by atoms with E-state index >= 15 is 0 Å². The van der Waals surface area contributed by atoms with Gasteiger partial charge in [-0.1, -0.05) is 0 Å². The molecule has 0 bridgehead atoms. The predicted octanol–water partition coefficient (Wildman–Crippen LogP) is 0.140. The molecule has 2 N–H and O–H groups in total. The molecule has 0 aromatic carbocycles. The van der Waals surface area contributed by atoms with Gasteiger partial charge in [0.05, 0.1) is 0 Å². The third-order valence-electron chi connectivity index (χ3n) is 2.52. The minimum absolute atomic E-state index is 0.141. The van der Waals surface area contributed by atoms with Gasteiger partial charge in [-0.2, -0.15) is 4.72 Å². The van der Waals surface area contributed by atoms with Gasteiger partial charge in [0.2, 0.25) is 11.8 Å². The van der Waals surface area contributed by atoms with Crippen LogP contribution in [0.15, 0.2) is 16.3 Å². The molecule has 8 heteroatoms. The average Bonchev–Trinajstić information content (AvgIpc) is 2.70. The summed E-state index contributed by atoms with van der Waals surface area (Å²) in [6, 6.07) is 2.31. The Bertz CT molecular complexity index is 591. The molecule has 2 heterocycles. The number of piperidine rings is 1. The molecular weight excluding hydrogens is 276 g/mol. The first-order valence-electron chi connectivity index (χ1n) is 5.31. The number of carbonyl (C=O) groups is 2. The number of hydrogen-bond acceptors (Lipinski definition) is 5. The van der Waals surface area contributed by atoms with Crippen molar-refractivity contribution in [3.63, 3.8) is 0 Å². The van der Waals surface area contributed by atoms with Crippen molar-refractivity contribution in [3.05, 3.63) is 17.0 Å². The summed E-state index contributed by atoms with van der Waals surface area (Å²) in [6.45, 7) is 1.80. The summed E-state index contributed by atoms with van der Waals surface area (Å²) in [5.41, 5.74) is 0. The standard InChI is InChI=1S/C10H12N2O4S2/c1-6-2-5-9(17-6)18(15,16)12-7-3-4-8(13)11-10(7)14/h2,5,7,12H,3-4H2,1H3,(H,11,13,14). The number of nitrogens with one attached hydrogen (secondary N) is 2. The topological polar surface area (TPSA) is 92.3 Å². The van der Waals surface area contributed by atoms with Crippen molar-refractivity contribution >= 4 is 33.2 Å². The summed E-state index contributed by atoms with van der Waals surface area (Å²) >= 11 is 1.14. The lowest BCUT2D eigenvalue weighted by molar-refractivity contribution is -0.134. The third kappa shape index (κ3) is 2.77. The molecular formula is C10H12N2O4S2. The summed E-state index contributed by atoms with van der Waals surface area (Å²) in [5.74, 6) is -0.967. The van der Waals surface area contributed by atoms with Gasteiger partial charge in [-0.25, -0.2) is 8.42 Å². The Morgan fingerprint density at radius 2 is 2.11 bits per heavy atom. The Labute approximate surface area is 108 Å². The molecule has 0 saturated carbocycles. The zero-order valence-electron chi connectivity index (χ0n) is 9.60. The molecule has 2 amide bonds. The van der Waals surface area contributed by atoms with Gasteiger partial charge >= 0.3 is 0 Å². The Morgan fingerprint density at radius 3 is 2.67 bits per heavy atom. The van der Waals surface area contributed by atoms with E-state index in [1.165, 1.54) is 6.07 Å². The summed E-state index contributed by atoms with van der Waals surface area (Å²) < 4.78 is 26.4. The highest BCUT2D eigenvalue weighted by Crippen LogP contribution is 2.21. The third-order valence-corrected chi connectivity index (χ3v) is 5.48. The largest absolute Gasteiger partial charge is 0.295 e. The van der Waals surface area contributed by atoms with Crippen LogP contribution in [0.3, 0.4) is 0 Å². The number of sulfonamides is 1. The highest BCUT2D eigenvalue weighted by molar-refractivity contribution is 7.91. The smallest absolute Gasteiger partial charge is 0.250 e. The Morgan fingerprint density at radius 1 is 1.39 bits per heavy atom. The van der Waals surface area contributed by atoms with Gasteiger partial charge in [-0.3, -0.25) is 14.9 Å². The lowest BCUT2D eigenvalue weighted by Crippen LogP contribution is -2.52. The molecule has 1 aromatic heterocycles. The fraction of sp³-hybridized carbons (Fsp3) is 0.400. The van der Waals surface area contributed by atoms with E-state index in [9.17, 15) is 18.0 Å². The molecule has 98 valence electrons. The second-order valence-electron chi connectivity index (χ2n) is 3.99. The SMILES string of the molecule is Cc1ccc(S(=O)(=O)NC2CCC(=O)NC2=O)s1. The van der Waals surface area contributed by atoms with Crippen LogP contribution in [0, 0.1) is 6.92 Å². The van der Waals surface area contributed by atoms with E-state index in [1.807, 2.05) is 0 Å². The molecule has 0 aliphatic carbocycles. The molecule has 0 radical (unpaired) electrons. The molecule has 1 atom stereocenters. The van der Waals surface area contributed by atoms with Crippen molar-refractivity contribution in [2.75, 3.05) is 0 Å². The van der Waals surface area contributed by atoms with Gasteiger partial charge in [0.15, 0.2) is 0 Å². The lowest BCUT2D eigenvalue weighted by atomic mass is 10.1. The summed E-state index contributed by atoms with van der Waals surface area (Å²) in [6.07, 6.45) is 0.330. The Balaban J connectivity index is 2.14. The van der Waals surface area contributed by atoms with E-state index in [2.05, 4.69) is 10.0 Å². The maximum atomic E-state index is 12.0. The van der Waals surface area contributed by atoms with Gasteiger partial charge in [0.25, 0.3) is 10.0 Å². The molecule has 2 rings (SSSR count). The molecule has 1 unspecified atom stereocenters. The quantitative estimate of drug-likeness (QED) is 0.774. The Hall–Kier alpha value is -1.25. The fourth-order valence-electron chi connectivity index (χ4n) is 1.61. The van der Waals surface area contributed by atoms with Crippen molar-refractivity contribution in [3.8, 4) is 0 Å². The minimum Gasteiger partial charge on any atom is -0.295 e. The lowest BCUT2D eigenvalue weighted by Gasteiger charge is -2.21. The zero-order valence-corrected chi connectivity index (χ0v) is 11.2. The fourth-order valence-corrected chi connectivity index (χ4v) is 4.14. The first-order valence-corrected chi connectivity index (χ1v) is 7.61. The second-order valence-corrected chi connectivity index (χ2v) is 7.22. The van der Waals surface area contributed by atoms with Crippen LogP contribution in [0.5, 0.6) is 0 Å². The van der Waals surface area contributed by atoms with Crippen molar-refractivity contribution in [1.29, 1.82) is 0 Å². The van der Waals surface area contributed by atoms with Crippen LogP contribution in [0.25, 0.3) is 0 Å². The van der Waals surface area contributed by atoms with Crippen LogP contribution in [0.2, 0.25) is 0 Å². The normalized spacial score (nSPS) is 20.8. The molecule has 1 saturated heterocycles. The van der Waals surface area contributed by atoms with Crippen LogP contribution in [0.4, 0.5) is 0 Å². The minimum atomic E-state index is -3.69. The summed E-state index contributed by atoms with van der Waals surface area (Å²) in [7, 11) is -3.69. The molecule has 1 aromatic rings. The van der Waals surface area contributed by atoms with E-state index in [-0.39, 0.29) is 23.0 Å². The molecule has 1 aliphatic heterocycles. The van der Waals surface area contributed by atoms with Gasteiger partial charge in [-0.05, 0) is 25.5 Å². The van der Waals surface area contributed by atoms with Crippen LogP contribution in [-0.2, 0) is 19.6 Å². The monoisotopic (exact) mass is 288 g/mol. The van der Waals surface area contributed by atoms with Gasteiger partial charge in [0.1, 0.15) is 10.3 Å². The summed E-state index contributed by atoms with van der Waals surface area (Å²) in [5, 5.41) is 2.11. The Kier molecular flexibility index (Phi) is 3.51. The highest BCUT2D eigenvalue weighted by atomic mass is 32.2. The van der Waals surface area contributed by atoms with E-state index in [4.69, 9.17) is 0 Å². The second kappa shape index (κ2) is 4.79. The van der Waals surface area contributed by atoms with E-state index in [0.717, 1.165) is 16.2 Å². The number of hydrogen-bond donors (Lipinski definition) is 2. The number of carbonyl (C=O) groups excluding carboxylic acids is 2. The molecule has 6 nitrogen and oxygen atoms in total. The van der Waals surface area contributed by atoms with Gasteiger partial charge in [0, 0.05) is 11.3 Å². The number of imide groups is 1. The van der Waals surface area contributed by atoms with Crippen molar-refractivity contribution in [2.24, 2.45) is 0 Å². The molecule has 0 spiro atoms. The maximum Gasteiger partial charge on any atom is 0.250 e. The van der Waals surface area contributed by atoms with E-state index in [1.54, 1.807) is 13.0 Å². The zero-order chi connectivity index (χ0) is 13.3. The summed E-state index contributed by atoms with van der Waals surface area (Å²) in [4.78, 5) is 23.3. The van der Waals surface area contributed by atoms with Crippen molar-refractivity contribution in [1.82, 2.24) is 10.0 Å². The van der Waals surface area contributed by atoms with Gasteiger partial charge < -0.3 is 0 Å². The average molecular weight is 288 g/mol. The first-order chi connectivity index (χ1) is 8.38. The van der Waals surface area contributed by atoms with Crippen molar-refractivity contribution < 1.29 is 18.0 Å². The first kappa shape index (κ1) is 13.2. The molecule has 1 aliphatic rings. The predicted molar refractivity (Wildman–Crippen MR) is 65.5 cm³/mol. The number of rotatable bonds is 3. The van der Waals surface area contributed by atoms with Crippen LogP contribution < -0.4 is 10.0 Å². The van der Waals surface area contributed by atoms with Gasteiger partial charge in [-0.15, -0.1) is 11.3 Å². The van der Waals surface area contributed by atoms with E-state index < -0.39 is 22.0 Å². The van der Waals surface area contributed by atoms with Crippen molar-refractivity contribution in [2.45, 2.75) is 30.0 Å². The van der Waals surface area contributed by atoms with Crippen LogP contribution in [0.1, 0.15) is 17.7 Å². The number of amides is 2. The number of thiophene rings is 1. The maximum absolute atomic E-state index is 12.0. The molecule has 1 fully saturated rings. The van der Waals surface area contributed by atoms with E-state index in [0.29, 0.717) is 0 Å². The van der Waals surface area contributed by atoms with Crippen LogP contribution >= 0.6 is 11.3 Å². The van der Waals surface area contributed by atoms with Crippen LogP contribution in [-0.4, -0.2) is 26.3 Å². The molecule has 18 heavy (non-hydrogen) atoms.